The van der Waals surface area contributed by atoms with E-state index in [0.29, 0.717) is 42.2 Å². The van der Waals surface area contributed by atoms with Gasteiger partial charge in [0.25, 0.3) is 0 Å². The summed E-state index contributed by atoms with van der Waals surface area (Å²) in [6.07, 6.45) is 5.25. The first kappa shape index (κ1) is 24.8. The molecule has 1 saturated heterocycles. The second kappa shape index (κ2) is 10.3. The van der Waals surface area contributed by atoms with Gasteiger partial charge in [-0.05, 0) is 31.4 Å². The zero-order chi connectivity index (χ0) is 26.1. The lowest BCUT2D eigenvalue weighted by molar-refractivity contribution is -0.117. The Morgan fingerprint density at radius 2 is 1.84 bits per heavy atom. The summed E-state index contributed by atoms with van der Waals surface area (Å²) < 4.78 is 46.2. The van der Waals surface area contributed by atoms with E-state index in [1.54, 1.807) is 12.3 Å². The van der Waals surface area contributed by atoms with E-state index in [4.69, 9.17) is 19.2 Å². The van der Waals surface area contributed by atoms with Crippen molar-refractivity contribution in [1.82, 2.24) is 20.3 Å². The highest BCUT2D eigenvalue weighted by molar-refractivity contribution is 5.87. The Bertz CT molecular complexity index is 1340. The number of rotatable bonds is 8. The molecule has 5 rings (SSSR count). The Balaban J connectivity index is 1.54. The van der Waals surface area contributed by atoms with Crippen LogP contribution in [0.3, 0.4) is 0 Å². The van der Waals surface area contributed by atoms with Gasteiger partial charge in [0.05, 0.1) is 55.4 Å². The van der Waals surface area contributed by atoms with E-state index < -0.39 is 11.6 Å². The molecule has 2 N–H and O–H groups in total. The highest BCUT2D eigenvalue weighted by atomic mass is 19.1. The van der Waals surface area contributed by atoms with Gasteiger partial charge in [-0.15, -0.1) is 0 Å². The van der Waals surface area contributed by atoms with Gasteiger partial charge >= 0.3 is 0 Å². The summed E-state index contributed by atoms with van der Waals surface area (Å²) in [5.41, 5.74) is 1.03. The maximum absolute atomic E-state index is 15.2. The Kier molecular flexibility index (Phi) is 6.88. The van der Waals surface area contributed by atoms with E-state index in [0.717, 1.165) is 18.9 Å². The van der Waals surface area contributed by atoms with Crippen LogP contribution in [0.4, 0.5) is 14.7 Å². The predicted molar refractivity (Wildman–Crippen MR) is 133 cm³/mol. The largest absolute Gasteiger partial charge is 0.494 e. The molecule has 1 unspecified atom stereocenters. The van der Waals surface area contributed by atoms with E-state index in [-0.39, 0.29) is 46.7 Å². The molecule has 1 aromatic carbocycles. The summed E-state index contributed by atoms with van der Waals surface area (Å²) in [5.74, 6) is -1.81. The summed E-state index contributed by atoms with van der Waals surface area (Å²) in [6.45, 7) is 4.40. The molecule has 3 heterocycles. The smallest absolute Gasteiger partial charge is 0.243 e. The van der Waals surface area contributed by atoms with Crippen LogP contribution in [-0.4, -0.2) is 60.4 Å². The average Bonchev–Trinajstić information content (AvgIpc) is 3.75. The number of fused-ring (bicyclic) bond motifs is 1. The first-order valence-corrected chi connectivity index (χ1v) is 12.0. The molecule has 1 aliphatic heterocycles. The van der Waals surface area contributed by atoms with Crippen LogP contribution in [0.1, 0.15) is 30.9 Å². The first-order chi connectivity index (χ1) is 17.9. The molecule has 1 saturated carbocycles. The molecule has 1 aliphatic carbocycles. The first-order valence-electron chi connectivity index (χ1n) is 12.0. The number of carbonyl (C=O) groups excluding carboxylic acids is 1. The van der Waals surface area contributed by atoms with Crippen LogP contribution in [0.25, 0.3) is 22.2 Å². The minimum atomic E-state index is -0.862. The third kappa shape index (κ3) is 4.91. The van der Waals surface area contributed by atoms with Gasteiger partial charge in [0, 0.05) is 30.2 Å². The number of nitrogens with zero attached hydrogens (tertiary/aromatic N) is 3. The minimum Gasteiger partial charge on any atom is -0.494 e. The van der Waals surface area contributed by atoms with Gasteiger partial charge in [-0.1, -0.05) is 6.58 Å². The number of anilines is 1. The quantitative estimate of drug-likeness (QED) is 0.441. The fraction of sp³-hybridized carbons (Fsp3) is 0.385. The number of nitrogens with one attached hydrogen (secondary N) is 2. The fourth-order valence-electron chi connectivity index (χ4n) is 4.47. The number of ether oxygens (including phenoxy) is 3. The average molecular weight is 512 g/mol. The van der Waals surface area contributed by atoms with Crippen molar-refractivity contribution in [2.75, 3.05) is 32.8 Å². The summed E-state index contributed by atoms with van der Waals surface area (Å²) in [6, 6.07) is 2.29. The summed E-state index contributed by atoms with van der Waals surface area (Å²) in [7, 11) is 2.60. The maximum atomic E-state index is 15.2. The summed E-state index contributed by atoms with van der Waals surface area (Å²) in [5, 5.41) is 6.76. The topological polar surface area (TPSA) is 107 Å². The number of methoxy groups -OCH3 is 2. The van der Waals surface area contributed by atoms with Crippen LogP contribution >= 0.6 is 0 Å². The fourth-order valence-corrected chi connectivity index (χ4v) is 4.47. The number of halogens is 2. The number of hydrogen-bond acceptors (Lipinski definition) is 8. The van der Waals surface area contributed by atoms with Crippen LogP contribution in [0.5, 0.6) is 11.5 Å². The van der Waals surface area contributed by atoms with Crippen LogP contribution in [0.15, 0.2) is 31.0 Å². The molecule has 3 aromatic rings. The zero-order valence-electron chi connectivity index (χ0n) is 20.5. The van der Waals surface area contributed by atoms with Crippen molar-refractivity contribution < 1.29 is 27.8 Å². The number of amides is 1. The van der Waals surface area contributed by atoms with Gasteiger partial charge < -0.3 is 24.8 Å². The van der Waals surface area contributed by atoms with Crippen LogP contribution in [0.2, 0.25) is 0 Å². The standard InChI is InChI=1S/C26H27F2N5O4/c1-4-20(34)30-15-7-8-37-12-17(15)32-26-29-11-14-9-16(31-24(13-5-6-13)25(14)33-26)21-22(27)18(35-2)10-19(36-3)23(21)28/h4,9-11,13,15,17H,1,5-8,12H2,2-3H3,(H,30,34)(H,29,32,33)/t15?,17-/m1/s1. The van der Waals surface area contributed by atoms with Gasteiger partial charge in [0.1, 0.15) is 0 Å². The molecule has 2 aliphatic rings. The second-order valence-corrected chi connectivity index (χ2v) is 9.02. The molecular weight excluding hydrogens is 484 g/mol. The number of carbonyl (C=O) groups is 1. The molecule has 2 fully saturated rings. The summed E-state index contributed by atoms with van der Waals surface area (Å²) in [4.78, 5) is 25.6. The molecule has 2 atom stereocenters. The zero-order valence-corrected chi connectivity index (χ0v) is 20.5. The molecule has 9 nitrogen and oxygen atoms in total. The normalized spacial score (nSPS) is 19.4. The highest BCUT2D eigenvalue weighted by Crippen LogP contribution is 2.44. The Morgan fingerprint density at radius 3 is 2.49 bits per heavy atom. The minimum absolute atomic E-state index is 0.110. The van der Waals surface area contributed by atoms with Crippen LogP contribution in [-0.2, 0) is 9.53 Å². The molecule has 194 valence electrons. The van der Waals surface area contributed by atoms with Crippen molar-refractivity contribution in [2.45, 2.75) is 37.3 Å². The van der Waals surface area contributed by atoms with E-state index in [1.165, 1.54) is 20.3 Å². The SMILES string of the molecule is C=CC(=O)NC1CCOC[C@H]1Nc1ncc2cc(-c3c(F)c(OC)cc(OC)c3F)nc(C3CC3)c2n1. The number of aromatic nitrogens is 3. The van der Waals surface area contributed by atoms with Crippen LogP contribution in [0, 0.1) is 11.6 Å². The van der Waals surface area contributed by atoms with Crippen molar-refractivity contribution in [3.8, 4) is 22.8 Å². The van der Waals surface area contributed by atoms with Gasteiger partial charge in [-0.25, -0.2) is 18.7 Å². The van der Waals surface area contributed by atoms with Gasteiger partial charge in [0.15, 0.2) is 23.1 Å². The van der Waals surface area contributed by atoms with Gasteiger partial charge in [-0.3, -0.25) is 9.78 Å². The third-order valence-corrected chi connectivity index (χ3v) is 6.57. The number of hydrogen-bond donors (Lipinski definition) is 2. The predicted octanol–water partition coefficient (Wildman–Crippen LogP) is 3.74. The third-order valence-electron chi connectivity index (χ3n) is 6.57. The van der Waals surface area contributed by atoms with E-state index in [1.807, 2.05) is 0 Å². The highest BCUT2D eigenvalue weighted by Gasteiger charge is 2.31. The number of benzene rings is 1. The molecule has 0 radical (unpaired) electrons. The lowest BCUT2D eigenvalue weighted by Crippen LogP contribution is -2.52. The maximum Gasteiger partial charge on any atom is 0.243 e. The van der Waals surface area contributed by atoms with Crippen LogP contribution < -0.4 is 20.1 Å². The lowest BCUT2D eigenvalue weighted by Gasteiger charge is -2.32. The monoisotopic (exact) mass is 511 g/mol. The van der Waals surface area contributed by atoms with Crippen molar-refractivity contribution in [2.24, 2.45) is 0 Å². The molecule has 2 aromatic heterocycles. The van der Waals surface area contributed by atoms with Crippen molar-refractivity contribution >= 4 is 22.8 Å². The van der Waals surface area contributed by atoms with Crippen molar-refractivity contribution in [3.05, 3.63) is 48.3 Å². The van der Waals surface area contributed by atoms with E-state index in [2.05, 4.69) is 27.2 Å². The summed E-state index contributed by atoms with van der Waals surface area (Å²) >= 11 is 0. The number of pyridine rings is 1. The Labute approximate surface area is 212 Å². The lowest BCUT2D eigenvalue weighted by atomic mass is 10.0. The Hall–Kier alpha value is -3.86. The molecule has 37 heavy (non-hydrogen) atoms. The molecule has 0 spiro atoms. The molecular formula is C26H27F2N5O4. The second-order valence-electron chi connectivity index (χ2n) is 9.02. The Morgan fingerprint density at radius 1 is 1.11 bits per heavy atom. The van der Waals surface area contributed by atoms with Crippen molar-refractivity contribution in [1.29, 1.82) is 0 Å². The molecule has 0 bridgehead atoms. The molecule has 1 amide bonds. The van der Waals surface area contributed by atoms with Crippen molar-refractivity contribution in [3.63, 3.8) is 0 Å². The molecule has 11 heteroatoms. The van der Waals surface area contributed by atoms with E-state index in [9.17, 15) is 4.79 Å². The van der Waals surface area contributed by atoms with E-state index >= 15 is 8.78 Å². The van der Waals surface area contributed by atoms with Gasteiger partial charge in [0.2, 0.25) is 11.9 Å². The van der Waals surface area contributed by atoms with Gasteiger partial charge in [-0.2, -0.15) is 0 Å².